The van der Waals surface area contributed by atoms with Gasteiger partial charge in [0, 0.05) is 5.54 Å². The summed E-state index contributed by atoms with van der Waals surface area (Å²) in [5, 5.41) is 6.62. The molecule has 0 bridgehead atoms. The van der Waals surface area contributed by atoms with E-state index in [1.165, 1.54) is 19.3 Å². The summed E-state index contributed by atoms with van der Waals surface area (Å²) >= 11 is 0. The Kier molecular flexibility index (Phi) is 3.76. The highest BCUT2D eigenvalue weighted by Crippen LogP contribution is 2.37. The van der Waals surface area contributed by atoms with Gasteiger partial charge in [-0.1, -0.05) is 19.8 Å². The molecule has 2 aliphatic rings. The van der Waals surface area contributed by atoms with Crippen LogP contribution in [0.4, 0.5) is 0 Å². The number of hydrogen-bond donors (Lipinski definition) is 2. The maximum Gasteiger partial charge on any atom is 0.237 e. The molecule has 0 aromatic carbocycles. The second-order valence-corrected chi connectivity index (χ2v) is 6.36. The summed E-state index contributed by atoms with van der Waals surface area (Å²) in [6.45, 7) is 7.44. The highest BCUT2D eigenvalue weighted by atomic mass is 16.2. The van der Waals surface area contributed by atoms with Gasteiger partial charge in [0.05, 0.1) is 6.04 Å². The molecular formula is C14H26N2O. The van der Waals surface area contributed by atoms with Gasteiger partial charge in [-0.2, -0.15) is 0 Å². The summed E-state index contributed by atoms with van der Waals surface area (Å²) in [6, 6.07) is 0.0682. The van der Waals surface area contributed by atoms with E-state index in [0.29, 0.717) is 5.92 Å². The molecule has 2 fully saturated rings. The molecule has 1 amide bonds. The first-order valence-electron chi connectivity index (χ1n) is 7.09. The first-order valence-corrected chi connectivity index (χ1v) is 7.09. The van der Waals surface area contributed by atoms with Crippen molar-refractivity contribution in [1.29, 1.82) is 0 Å². The lowest BCUT2D eigenvalue weighted by atomic mass is 9.92. The summed E-state index contributed by atoms with van der Waals surface area (Å²) in [5.74, 6) is 1.56. The van der Waals surface area contributed by atoms with E-state index >= 15 is 0 Å². The third-order valence-corrected chi connectivity index (χ3v) is 4.37. The Hall–Kier alpha value is -0.570. The smallest absolute Gasteiger partial charge is 0.237 e. The molecule has 2 rings (SSSR count). The number of hydrogen-bond acceptors (Lipinski definition) is 2. The van der Waals surface area contributed by atoms with Gasteiger partial charge in [0.1, 0.15) is 0 Å². The summed E-state index contributed by atoms with van der Waals surface area (Å²) in [6.07, 6.45) is 5.99. The van der Waals surface area contributed by atoms with Crippen LogP contribution in [0.1, 0.15) is 52.9 Å². The fourth-order valence-corrected chi connectivity index (χ4v) is 3.57. The Morgan fingerprint density at radius 3 is 2.88 bits per heavy atom. The van der Waals surface area contributed by atoms with Crippen LogP contribution in [0.15, 0.2) is 0 Å². The van der Waals surface area contributed by atoms with Crippen molar-refractivity contribution < 1.29 is 4.79 Å². The van der Waals surface area contributed by atoms with Crippen LogP contribution in [0.25, 0.3) is 0 Å². The minimum Gasteiger partial charge on any atom is -0.350 e. The molecule has 0 aromatic rings. The van der Waals surface area contributed by atoms with Gasteiger partial charge in [-0.15, -0.1) is 0 Å². The van der Waals surface area contributed by atoms with Gasteiger partial charge < -0.3 is 10.6 Å². The van der Waals surface area contributed by atoms with E-state index in [-0.39, 0.29) is 17.5 Å². The highest BCUT2D eigenvalue weighted by molar-refractivity contribution is 5.83. The molecule has 1 heterocycles. The highest BCUT2D eigenvalue weighted by Gasteiger charge is 2.43. The van der Waals surface area contributed by atoms with Crippen LogP contribution < -0.4 is 10.6 Å². The van der Waals surface area contributed by atoms with E-state index < -0.39 is 0 Å². The van der Waals surface area contributed by atoms with Crippen molar-refractivity contribution in [2.45, 2.75) is 64.5 Å². The third kappa shape index (κ3) is 2.82. The van der Waals surface area contributed by atoms with Crippen molar-refractivity contribution >= 4 is 5.91 Å². The molecule has 3 nitrogen and oxygen atoms in total. The monoisotopic (exact) mass is 238 g/mol. The largest absolute Gasteiger partial charge is 0.350 e. The first kappa shape index (κ1) is 12.9. The molecule has 1 aliphatic carbocycles. The quantitative estimate of drug-likeness (QED) is 0.787. The standard InChI is InChI=1S/C14H26N2O/c1-4-8-14(2,3)16-13(17)12-11-7-5-6-10(11)9-15-12/h10-12,15H,4-9H2,1-3H3,(H,16,17). The minimum atomic E-state index is -0.0653. The number of fused-ring (bicyclic) bond motifs is 1. The van der Waals surface area contributed by atoms with Crippen LogP contribution in [0, 0.1) is 11.8 Å². The Bertz CT molecular complexity index is 288. The predicted molar refractivity (Wildman–Crippen MR) is 69.8 cm³/mol. The molecule has 0 radical (unpaired) electrons. The molecule has 98 valence electrons. The summed E-state index contributed by atoms with van der Waals surface area (Å²) in [7, 11) is 0. The van der Waals surface area contributed by atoms with Gasteiger partial charge in [0.15, 0.2) is 0 Å². The molecule has 0 spiro atoms. The van der Waals surface area contributed by atoms with E-state index in [2.05, 4.69) is 31.4 Å². The Labute approximate surface area is 105 Å². The number of rotatable bonds is 4. The summed E-state index contributed by atoms with van der Waals surface area (Å²) in [4.78, 5) is 12.3. The van der Waals surface area contributed by atoms with Crippen LogP contribution >= 0.6 is 0 Å². The maximum absolute atomic E-state index is 12.3. The van der Waals surface area contributed by atoms with Crippen LogP contribution in [0.5, 0.6) is 0 Å². The van der Waals surface area contributed by atoms with Gasteiger partial charge >= 0.3 is 0 Å². The van der Waals surface area contributed by atoms with Crippen molar-refractivity contribution in [3.05, 3.63) is 0 Å². The molecule has 1 aliphatic heterocycles. The molecule has 3 heteroatoms. The molecule has 2 N–H and O–H groups in total. The van der Waals surface area contributed by atoms with E-state index in [0.717, 1.165) is 25.3 Å². The average Bonchev–Trinajstić information content (AvgIpc) is 2.75. The van der Waals surface area contributed by atoms with Crippen LogP contribution in [-0.2, 0) is 4.79 Å². The fourth-order valence-electron chi connectivity index (χ4n) is 3.57. The molecule has 17 heavy (non-hydrogen) atoms. The lowest BCUT2D eigenvalue weighted by Gasteiger charge is -2.29. The molecule has 1 saturated heterocycles. The summed E-state index contributed by atoms with van der Waals surface area (Å²) < 4.78 is 0. The van der Waals surface area contributed by atoms with Gasteiger partial charge in [-0.05, 0) is 51.5 Å². The van der Waals surface area contributed by atoms with E-state index in [9.17, 15) is 4.79 Å². The lowest BCUT2D eigenvalue weighted by molar-refractivity contribution is -0.125. The Balaban J connectivity index is 1.92. The molecule has 3 atom stereocenters. The van der Waals surface area contributed by atoms with Crippen LogP contribution in [0.2, 0.25) is 0 Å². The maximum atomic E-state index is 12.3. The number of nitrogens with one attached hydrogen (secondary N) is 2. The van der Waals surface area contributed by atoms with Crippen LogP contribution in [-0.4, -0.2) is 24.0 Å². The minimum absolute atomic E-state index is 0.0653. The fraction of sp³-hybridized carbons (Fsp3) is 0.929. The second-order valence-electron chi connectivity index (χ2n) is 6.36. The van der Waals surface area contributed by atoms with Gasteiger partial charge in [-0.3, -0.25) is 4.79 Å². The average molecular weight is 238 g/mol. The molecule has 3 unspecified atom stereocenters. The van der Waals surface area contributed by atoms with Crippen molar-refractivity contribution in [3.63, 3.8) is 0 Å². The molecule has 0 aromatic heterocycles. The van der Waals surface area contributed by atoms with E-state index in [4.69, 9.17) is 0 Å². The molecular weight excluding hydrogens is 212 g/mol. The Morgan fingerprint density at radius 1 is 1.41 bits per heavy atom. The zero-order valence-corrected chi connectivity index (χ0v) is 11.4. The van der Waals surface area contributed by atoms with Crippen molar-refractivity contribution in [2.24, 2.45) is 11.8 Å². The molecule has 1 saturated carbocycles. The SMILES string of the molecule is CCCC(C)(C)NC(=O)C1NCC2CCCC21. The van der Waals surface area contributed by atoms with Crippen molar-refractivity contribution in [3.8, 4) is 0 Å². The predicted octanol–water partition coefficient (Wildman–Crippen LogP) is 2.07. The van der Waals surface area contributed by atoms with Gasteiger partial charge in [0.25, 0.3) is 0 Å². The van der Waals surface area contributed by atoms with Crippen molar-refractivity contribution in [2.75, 3.05) is 6.54 Å². The first-order chi connectivity index (χ1) is 8.03. The normalized spacial score (nSPS) is 32.5. The topological polar surface area (TPSA) is 41.1 Å². The zero-order chi connectivity index (χ0) is 12.5. The number of carbonyl (C=O) groups is 1. The lowest BCUT2D eigenvalue weighted by Crippen LogP contribution is -2.52. The number of carbonyl (C=O) groups excluding carboxylic acids is 1. The second kappa shape index (κ2) is 4.97. The zero-order valence-electron chi connectivity index (χ0n) is 11.4. The van der Waals surface area contributed by atoms with E-state index in [1.54, 1.807) is 0 Å². The summed E-state index contributed by atoms with van der Waals surface area (Å²) in [5.41, 5.74) is -0.0653. The van der Waals surface area contributed by atoms with E-state index in [1.807, 2.05) is 0 Å². The third-order valence-electron chi connectivity index (χ3n) is 4.37. The van der Waals surface area contributed by atoms with Gasteiger partial charge in [0.2, 0.25) is 5.91 Å². The van der Waals surface area contributed by atoms with Crippen LogP contribution in [0.3, 0.4) is 0 Å². The number of amides is 1. The Morgan fingerprint density at radius 2 is 2.18 bits per heavy atom. The van der Waals surface area contributed by atoms with Gasteiger partial charge in [-0.25, -0.2) is 0 Å². The van der Waals surface area contributed by atoms with Crippen molar-refractivity contribution in [1.82, 2.24) is 10.6 Å².